The molecule has 4 nitrogen and oxygen atoms in total. The quantitative estimate of drug-likeness (QED) is 0.748. The number of rotatable bonds is 5. The van der Waals surface area contributed by atoms with Crippen molar-refractivity contribution in [3.8, 4) is 0 Å². The molecule has 1 aromatic rings. The monoisotopic (exact) mass is 254 g/mol. The third kappa shape index (κ3) is 3.43. The average molecular weight is 254 g/mol. The van der Waals surface area contributed by atoms with E-state index in [9.17, 15) is 9.18 Å². The highest BCUT2D eigenvalue weighted by Crippen LogP contribution is 2.23. The topological polar surface area (TPSA) is 75.4 Å². The first-order valence-corrected chi connectivity index (χ1v) is 5.71. The first-order chi connectivity index (χ1) is 8.26. The van der Waals surface area contributed by atoms with E-state index in [0.29, 0.717) is 17.8 Å². The molecule has 0 bridgehead atoms. The van der Waals surface area contributed by atoms with Crippen LogP contribution in [0.2, 0.25) is 0 Å². The molecule has 0 aliphatic carbocycles. The summed E-state index contributed by atoms with van der Waals surface area (Å²) >= 11 is 0. The zero-order chi connectivity index (χ0) is 13.9. The lowest BCUT2D eigenvalue weighted by molar-refractivity contribution is 0.1000. The van der Waals surface area contributed by atoms with E-state index >= 15 is 0 Å². The molecular weight excluding hydrogens is 235 g/mol. The van der Waals surface area contributed by atoms with Crippen LogP contribution in [0.5, 0.6) is 0 Å². The molecule has 100 valence electrons. The van der Waals surface area contributed by atoms with Gasteiger partial charge in [-0.15, -0.1) is 0 Å². The van der Waals surface area contributed by atoms with E-state index in [2.05, 4.69) is 5.32 Å². The Hall–Kier alpha value is -1.62. The van der Waals surface area contributed by atoms with E-state index in [1.165, 1.54) is 6.07 Å². The van der Waals surface area contributed by atoms with Crippen LogP contribution >= 0.6 is 0 Å². The molecule has 0 aromatic heterocycles. The molecule has 0 radical (unpaired) electrons. The highest BCUT2D eigenvalue weighted by molar-refractivity contribution is 5.94. The summed E-state index contributed by atoms with van der Waals surface area (Å²) in [6, 6.07) is 2.65. The number of nitrogens with one attached hydrogen (secondary N) is 1. The second-order valence-corrected chi connectivity index (χ2v) is 5.17. The third-order valence-corrected chi connectivity index (χ3v) is 2.81. The molecule has 1 aromatic carbocycles. The molecular formula is C13H19FN2O2. The molecule has 0 saturated heterocycles. The predicted octanol–water partition coefficient (Wildman–Crippen LogP) is 1.66. The van der Waals surface area contributed by atoms with Crippen molar-refractivity contribution in [3.05, 3.63) is 29.1 Å². The fraction of sp³-hybridized carbons (Fsp3) is 0.462. The van der Waals surface area contributed by atoms with Crippen molar-refractivity contribution in [2.75, 3.05) is 18.5 Å². The number of nitrogens with two attached hydrogens (primary N) is 1. The summed E-state index contributed by atoms with van der Waals surface area (Å²) in [4.78, 5) is 11.1. The largest absolute Gasteiger partial charge is 0.396 e. The highest BCUT2D eigenvalue weighted by Gasteiger charge is 2.17. The number of primary amides is 1. The van der Waals surface area contributed by atoms with Gasteiger partial charge in [-0.1, -0.05) is 13.8 Å². The van der Waals surface area contributed by atoms with Crippen molar-refractivity contribution >= 4 is 11.6 Å². The van der Waals surface area contributed by atoms with Crippen molar-refractivity contribution in [1.82, 2.24) is 0 Å². The number of aliphatic hydroxyl groups is 1. The number of benzene rings is 1. The Labute approximate surface area is 106 Å². The van der Waals surface area contributed by atoms with Crippen molar-refractivity contribution in [1.29, 1.82) is 0 Å². The Bertz CT molecular complexity index is 459. The van der Waals surface area contributed by atoms with Crippen LogP contribution in [0.3, 0.4) is 0 Å². The Morgan fingerprint density at radius 2 is 2.11 bits per heavy atom. The molecule has 1 amide bonds. The number of aliphatic hydroxyl groups excluding tert-OH is 1. The molecule has 5 heteroatoms. The fourth-order valence-corrected chi connectivity index (χ4v) is 1.40. The van der Waals surface area contributed by atoms with Gasteiger partial charge >= 0.3 is 0 Å². The van der Waals surface area contributed by atoms with Gasteiger partial charge < -0.3 is 16.2 Å². The van der Waals surface area contributed by atoms with Gasteiger partial charge in [0.25, 0.3) is 0 Å². The Morgan fingerprint density at radius 1 is 1.50 bits per heavy atom. The van der Waals surface area contributed by atoms with E-state index in [1.807, 2.05) is 13.8 Å². The summed E-state index contributed by atoms with van der Waals surface area (Å²) in [6.45, 7) is 5.85. The van der Waals surface area contributed by atoms with Crippen molar-refractivity contribution in [2.45, 2.75) is 20.8 Å². The lowest BCUT2D eigenvalue weighted by Crippen LogP contribution is -2.27. The molecule has 0 heterocycles. The van der Waals surface area contributed by atoms with E-state index < -0.39 is 11.7 Å². The second kappa shape index (κ2) is 5.35. The summed E-state index contributed by atoms with van der Waals surface area (Å²) in [5, 5.41) is 12.2. The lowest BCUT2D eigenvalue weighted by Gasteiger charge is -2.23. The zero-order valence-electron chi connectivity index (χ0n) is 10.9. The zero-order valence-corrected chi connectivity index (χ0v) is 10.9. The van der Waals surface area contributed by atoms with Crippen LogP contribution in [0.25, 0.3) is 0 Å². The van der Waals surface area contributed by atoms with E-state index in [4.69, 9.17) is 10.8 Å². The number of amides is 1. The standard InChI is InChI=1S/C13H19FN2O2/c1-8-10(14)4-9(12(15)18)5-11(8)16-6-13(2,3)7-17/h4-5,16-17H,6-7H2,1-3H3,(H2,15,18). The van der Waals surface area contributed by atoms with Crippen LogP contribution in [-0.4, -0.2) is 24.2 Å². The number of carbonyl (C=O) groups is 1. The fourth-order valence-electron chi connectivity index (χ4n) is 1.40. The Balaban J connectivity index is 2.98. The summed E-state index contributed by atoms with van der Waals surface area (Å²) in [5.41, 5.74) is 5.88. The number of anilines is 1. The number of hydrogen-bond acceptors (Lipinski definition) is 3. The Morgan fingerprint density at radius 3 is 2.61 bits per heavy atom. The van der Waals surface area contributed by atoms with Gasteiger partial charge in [-0.2, -0.15) is 0 Å². The van der Waals surface area contributed by atoms with Gasteiger partial charge in [0.15, 0.2) is 0 Å². The van der Waals surface area contributed by atoms with Crippen molar-refractivity contribution in [3.63, 3.8) is 0 Å². The van der Waals surface area contributed by atoms with E-state index in [1.54, 1.807) is 6.92 Å². The minimum atomic E-state index is -0.668. The van der Waals surface area contributed by atoms with Gasteiger partial charge in [-0.25, -0.2) is 4.39 Å². The van der Waals surface area contributed by atoms with Gasteiger partial charge in [0, 0.05) is 35.4 Å². The maximum Gasteiger partial charge on any atom is 0.248 e. The molecule has 4 N–H and O–H groups in total. The number of carbonyl (C=O) groups excluding carboxylic acids is 1. The molecule has 0 unspecified atom stereocenters. The molecule has 1 rings (SSSR count). The summed E-state index contributed by atoms with van der Waals surface area (Å²) < 4.78 is 13.6. The maximum absolute atomic E-state index is 13.6. The van der Waals surface area contributed by atoms with Crippen LogP contribution in [0, 0.1) is 18.2 Å². The molecule has 0 saturated carbocycles. The van der Waals surface area contributed by atoms with E-state index in [0.717, 1.165) is 6.07 Å². The van der Waals surface area contributed by atoms with Gasteiger partial charge in [-0.3, -0.25) is 4.79 Å². The van der Waals surface area contributed by atoms with E-state index in [-0.39, 0.29) is 17.6 Å². The normalized spacial score (nSPS) is 11.4. The van der Waals surface area contributed by atoms with Crippen molar-refractivity contribution < 1.29 is 14.3 Å². The second-order valence-electron chi connectivity index (χ2n) is 5.17. The molecule has 0 fully saturated rings. The van der Waals surface area contributed by atoms with Gasteiger partial charge in [0.1, 0.15) is 5.82 Å². The minimum Gasteiger partial charge on any atom is -0.396 e. The highest BCUT2D eigenvalue weighted by atomic mass is 19.1. The Kier molecular flexibility index (Phi) is 4.29. The number of halogens is 1. The summed E-state index contributed by atoms with van der Waals surface area (Å²) in [6.07, 6.45) is 0. The molecule has 0 aliphatic heterocycles. The lowest BCUT2D eigenvalue weighted by atomic mass is 9.94. The van der Waals surface area contributed by atoms with Crippen LogP contribution < -0.4 is 11.1 Å². The first kappa shape index (κ1) is 14.4. The summed E-state index contributed by atoms with van der Waals surface area (Å²) in [7, 11) is 0. The van der Waals surface area contributed by atoms with Crippen LogP contribution in [0.1, 0.15) is 29.8 Å². The smallest absolute Gasteiger partial charge is 0.248 e. The van der Waals surface area contributed by atoms with Gasteiger partial charge in [0.2, 0.25) is 5.91 Å². The molecule has 18 heavy (non-hydrogen) atoms. The van der Waals surface area contributed by atoms with Crippen LogP contribution in [-0.2, 0) is 0 Å². The van der Waals surface area contributed by atoms with Gasteiger partial charge in [-0.05, 0) is 19.1 Å². The SMILES string of the molecule is Cc1c(F)cc(C(N)=O)cc1NCC(C)(C)CO. The molecule has 0 aliphatic rings. The summed E-state index contributed by atoms with van der Waals surface area (Å²) in [5.74, 6) is -1.14. The molecule has 0 atom stereocenters. The minimum absolute atomic E-state index is 0.0110. The predicted molar refractivity (Wildman–Crippen MR) is 69.0 cm³/mol. The van der Waals surface area contributed by atoms with Crippen molar-refractivity contribution in [2.24, 2.45) is 11.1 Å². The third-order valence-electron chi connectivity index (χ3n) is 2.81. The van der Waals surface area contributed by atoms with Crippen LogP contribution in [0.15, 0.2) is 12.1 Å². The number of hydrogen-bond donors (Lipinski definition) is 3. The maximum atomic E-state index is 13.6. The van der Waals surface area contributed by atoms with Gasteiger partial charge in [0.05, 0.1) is 0 Å². The molecule has 0 spiro atoms. The average Bonchev–Trinajstić information content (AvgIpc) is 2.30. The first-order valence-electron chi connectivity index (χ1n) is 5.71. The van der Waals surface area contributed by atoms with Crippen LogP contribution in [0.4, 0.5) is 10.1 Å².